The van der Waals surface area contributed by atoms with Gasteiger partial charge in [-0.1, -0.05) is 5.16 Å². The summed E-state index contributed by atoms with van der Waals surface area (Å²) >= 11 is 1.22. The molecule has 1 saturated heterocycles. The molecule has 1 fully saturated rings. The number of aromatic nitrogens is 1. The zero-order valence-corrected chi connectivity index (χ0v) is 17.0. The number of thiophene rings is 1. The van der Waals surface area contributed by atoms with E-state index in [2.05, 4.69) is 17.1 Å². The zero-order valence-electron chi connectivity index (χ0n) is 15.3. The monoisotopic (exact) mass is 399 g/mol. The summed E-state index contributed by atoms with van der Waals surface area (Å²) in [6.07, 6.45) is 1.66. The van der Waals surface area contributed by atoms with Crippen molar-refractivity contribution in [1.82, 2.24) is 14.4 Å². The van der Waals surface area contributed by atoms with Gasteiger partial charge in [0.05, 0.1) is 12.3 Å². The van der Waals surface area contributed by atoms with Crippen LogP contribution in [0.4, 0.5) is 0 Å². The van der Waals surface area contributed by atoms with Crippen molar-refractivity contribution in [3.8, 4) is 11.3 Å². The molecule has 1 aliphatic heterocycles. The molecule has 2 aromatic heterocycles. The summed E-state index contributed by atoms with van der Waals surface area (Å²) in [5.41, 5.74) is 1.51. The Balaban J connectivity index is 1.86. The van der Waals surface area contributed by atoms with E-state index in [-0.39, 0.29) is 6.04 Å². The minimum atomic E-state index is -3.58. The van der Waals surface area contributed by atoms with Crippen molar-refractivity contribution in [3.63, 3.8) is 0 Å². The van der Waals surface area contributed by atoms with Gasteiger partial charge in [-0.3, -0.25) is 0 Å². The van der Waals surface area contributed by atoms with Crippen molar-refractivity contribution in [2.45, 2.75) is 30.0 Å². The van der Waals surface area contributed by atoms with Crippen molar-refractivity contribution in [2.75, 3.05) is 40.4 Å². The lowest BCUT2D eigenvalue weighted by molar-refractivity contribution is 0.137. The predicted octanol–water partition coefficient (Wildman–Crippen LogP) is 2.44. The van der Waals surface area contributed by atoms with Gasteiger partial charge in [0.15, 0.2) is 5.76 Å². The predicted molar refractivity (Wildman–Crippen MR) is 101 cm³/mol. The normalized spacial score (nSPS) is 17.2. The minimum absolute atomic E-state index is 0.00410. The van der Waals surface area contributed by atoms with Gasteiger partial charge >= 0.3 is 0 Å². The Hall–Kier alpha value is -1.26. The second kappa shape index (κ2) is 8.18. The maximum Gasteiger partial charge on any atom is 0.252 e. The molecular formula is C17H25N3O4S2. The van der Waals surface area contributed by atoms with Crippen LogP contribution >= 0.6 is 11.3 Å². The topological polar surface area (TPSA) is 75.9 Å². The first-order chi connectivity index (χ1) is 12.4. The summed E-state index contributed by atoms with van der Waals surface area (Å²) in [5.74, 6) is 0.586. The van der Waals surface area contributed by atoms with Gasteiger partial charge in [0.25, 0.3) is 10.0 Å². The van der Waals surface area contributed by atoms with Crippen LogP contribution in [0.25, 0.3) is 11.3 Å². The largest absolute Gasteiger partial charge is 0.383 e. The van der Waals surface area contributed by atoms with Crippen LogP contribution in [-0.4, -0.2) is 69.2 Å². The summed E-state index contributed by atoms with van der Waals surface area (Å²) in [5, 5.41) is 5.67. The highest BCUT2D eigenvalue weighted by atomic mass is 32.2. The summed E-state index contributed by atoms with van der Waals surface area (Å²) in [7, 11) is 0.0773. The van der Waals surface area contributed by atoms with Crippen LogP contribution in [0.1, 0.15) is 18.5 Å². The maximum atomic E-state index is 13.3. The van der Waals surface area contributed by atoms with E-state index in [1.54, 1.807) is 28.9 Å². The van der Waals surface area contributed by atoms with Gasteiger partial charge in [-0.2, -0.15) is 4.31 Å². The molecule has 0 aromatic carbocycles. The summed E-state index contributed by atoms with van der Waals surface area (Å²) < 4.78 is 38.9. The van der Waals surface area contributed by atoms with Gasteiger partial charge in [0.2, 0.25) is 0 Å². The Bertz CT molecular complexity index is 823. The van der Waals surface area contributed by atoms with Crippen LogP contribution in [0, 0.1) is 6.92 Å². The first-order valence-electron chi connectivity index (χ1n) is 8.63. The second-order valence-electron chi connectivity index (χ2n) is 6.63. The van der Waals surface area contributed by atoms with E-state index in [4.69, 9.17) is 9.26 Å². The van der Waals surface area contributed by atoms with Crippen molar-refractivity contribution < 1.29 is 17.7 Å². The maximum absolute atomic E-state index is 13.3. The number of rotatable bonds is 7. The van der Waals surface area contributed by atoms with Gasteiger partial charge in [-0.25, -0.2) is 8.42 Å². The molecule has 0 amide bonds. The van der Waals surface area contributed by atoms with Crippen molar-refractivity contribution in [2.24, 2.45) is 0 Å². The first-order valence-corrected chi connectivity index (χ1v) is 11.0. The molecule has 0 radical (unpaired) electrons. The molecule has 0 saturated carbocycles. The third-order valence-corrected chi connectivity index (χ3v) is 8.03. The van der Waals surface area contributed by atoms with Crippen LogP contribution in [-0.2, 0) is 14.8 Å². The molecular weight excluding hydrogens is 374 g/mol. The Kier molecular flexibility index (Phi) is 6.13. The Morgan fingerprint density at radius 3 is 2.73 bits per heavy atom. The van der Waals surface area contributed by atoms with Gasteiger partial charge in [0.1, 0.15) is 4.21 Å². The fraction of sp³-hybridized carbons (Fsp3) is 0.588. The van der Waals surface area contributed by atoms with E-state index in [1.165, 1.54) is 11.3 Å². The van der Waals surface area contributed by atoms with E-state index < -0.39 is 10.0 Å². The number of hydrogen-bond acceptors (Lipinski definition) is 7. The highest BCUT2D eigenvalue weighted by molar-refractivity contribution is 7.91. The molecule has 2 aromatic rings. The van der Waals surface area contributed by atoms with Gasteiger partial charge in [-0.15, -0.1) is 11.3 Å². The standard InChI is InChI=1S/C17H25N3O4S2/c1-13-10-16(24-18-13)14-11-17(25-12-14)26(21,22)20(8-9-23-3)15-4-6-19(2)7-5-15/h10-12,15H,4-9H2,1-3H3. The number of nitrogens with zero attached hydrogens (tertiary/aromatic N) is 3. The van der Waals surface area contributed by atoms with Crippen molar-refractivity contribution in [1.29, 1.82) is 0 Å². The molecule has 1 aliphatic rings. The summed E-state index contributed by atoms with van der Waals surface area (Å²) in [6.45, 7) is 4.38. The fourth-order valence-corrected chi connectivity index (χ4v) is 6.12. The molecule has 0 N–H and O–H groups in total. The molecule has 0 spiro atoms. The van der Waals surface area contributed by atoms with E-state index in [1.807, 2.05) is 6.92 Å². The average molecular weight is 400 g/mol. The number of ether oxygens (including phenoxy) is 1. The number of piperidine rings is 1. The van der Waals surface area contributed by atoms with Crippen LogP contribution in [0.2, 0.25) is 0 Å². The van der Waals surface area contributed by atoms with Gasteiger partial charge in [-0.05, 0) is 46.0 Å². The summed E-state index contributed by atoms with van der Waals surface area (Å²) in [4.78, 5) is 2.23. The molecule has 144 valence electrons. The van der Waals surface area contributed by atoms with Crippen LogP contribution in [0.15, 0.2) is 26.2 Å². The average Bonchev–Trinajstić information content (AvgIpc) is 3.26. The van der Waals surface area contributed by atoms with Crippen molar-refractivity contribution >= 4 is 21.4 Å². The third-order valence-electron chi connectivity index (χ3n) is 4.66. The second-order valence-corrected chi connectivity index (χ2v) is 9.66. The number of likely N-dealkylation sites (tertiary alicyclic amines) is 1. The van der Waals surface area contributed by atoms with Crippen molar-refractivity contribution in [3.05, 3.63) is 23.2 Å². The lowest BCUT2D eigenvalue weighted by Crippen LogP contribution is -2.47. The molecule has 3 rings (SSSR count). The quantitative estimate of drug-likeness (QED) is 0.712. The first kappa shape index (κ1) is 19.5. The van der Waals surface area contributed by atoms with E-state index in [0.717, 1.165) is 37.2 Å². The molecule has 0 unspecified atom stereocenters. The van der Waals surface area contributed by atoms with Gasteiger partial charge in [0, 0.05) is 36.7 Å². The molecule has 3 heterocycles. The Morgan fingerprint density at radius 1 is 1.38 bits per heavy atom. The van der Waals surface area contributed by atoms with E-state index in [0.29, 0.717) is 23.1 Å². The smallest absolute Gasteiger partial charge is 0.252 e. The lowest BCUT2D eigenvalue weighted by Gasteiger charge is -2.36. The molecule has 0 aliphatic carbocycles. The Labute approximate surface area is 158 Å². The van der Waals surface area contributed by atoms with E-state index in [9.17, 15) is 8.42 Å². The number of aryl methyl sites for hydroxylation is 1. The summed E-state index contributed by atoms with van der Waals surface area (Å²) in [6, 6.07) is 3.48. The molecule has 7 nitrogen and oxygen atoms in total. The highest BCUT2D eigenvalue weighted by Gasteiger charge is 2.34. The Morgan fingerprint density at radius 2 is 2.12 bits per heavy atom. The van der Waals surface area contributed by atoms with Crippen LogP contribution < -0.4 is 0 Å². The number of methoxy groups -OCH3 is 1. The minimum Gasteiger partial charge on any atom is -0.383 e. The molecule has 9 heteroatoms. The number of sulfonamides is 1. The van der Waals surface area contributed by atoms with E-state index >= 15 is 0 Å². The lowest BCUT2D eigenvalue weighted by atomic mass is 10.1. The van der Waals surface area contributed by atoms with Crippen LogP contribution in [0.3, 0.4) is 0 Å². The van der Waals surface area contributed by atoms with Gasteiger partial charge < -0.3 is 14.2 Å². The zero-order chi connectivity index (χ0) is 18.7. The third kappa shape index (κ3) is 4.17. The number of hydrogen-bond donors (Lipinski definition) is 0. The fourth-order valence-electron chi connectivity index (χ4n) is 3.16. The molecule has 26 heavy (non-hydrogen) atoms. The molecule has 0 bridgehead atoms. The highest BCUT2D eigenvalue weighted by Crippen LogP contribution is 2.32. The van der Waals surface area contributed by atoms with Crippen LogP contribution in [0.5, 0.6) is 0 Å². The molecule has 0 atom stereocenters. The SMILES string of the molecule is COCCN(C1CCN(C)CC1)S(=O)(=O)c1cc(-c2cc(C)no2)cs1.